The van der Waals surface area contributed by atoms with Gasteiger partial charge in [-0.15, -0.1) is 11.8 Å². The zero-order valence-electron chi connectivity index (χ0n) is 10.4. The maximum absolute atomic E-state index is 5.86. The molecule has 19 heavy (non-hydrogen) atoms. The predicted molar refractivity (Wildman–Crippen MR) is 83.4 cm³/mol. The van der Waals surface area contributed by atoms with Gasteiger partial charge in [0.05, 0.1) is 6.54 Å². The molecule has 0 aliphatic carbocycles. The molecule has 96 valence electrons. The summed E-state index contributed by atoms with van der Waals surface area (Å²) in [5.74, 6) is 6.80. The normalized spacial score (nSPS) is 9.79. The molecule has 0 bridgehead atoms. The van der Waals surface area contributed by atoms with Crippen molar-refractivity contribution < 1.29 is 0 Å². The Morgan fingerprint density at radius 3 is 2.32 bits per heavy atom. The summed E-state index contributed by atoms with van der Waals surface area (Å²) >= 11 is 7.65. The van der Waals surface area contributed by atoms with Crippen molar-refractivity contribution in [3.8, 4) is 11.8 Å². The Balaban J connectivity index is 1.94. The first-order valence-electron chi connectivity index (χ1n) is 5.94. The van der Waals surface area contributed by atoms with E-state index >= 15 is 0 Å². The summed E-state index contributed by atoms with van der Waals surface area (Å²) in [5, 5.41) is 0.771. The first kappa shape index (κ1) is 14.0. The van der Waals surface area contributed by atoms with Crippen molar-refractivity contribution in [3.05, 3.63) is 64.7 Å². The van der Waals surface area contributed by atoms with Crippen LogP contribution in [-0.2, 0) is 5.75 Å². The first-order chi connectivity index (χ1) is 9.28. The van der Waals surface area contributed by atoms with Crippen LogP contribution in [0.25, 0.3) is 0 Å². The molecule has 0 aliphatic heterocycles. The molecular formula is C16H14ClNS. The molecule has 0 radical (unpaired) electrons. The van der Waals surface area contributed by atoms with Gasteiger partial charge >= 0.3 is 0 Å². The topological polar surface area (TPSA) is 26.0 Å². The molecule has 2 aromatic carbocycles. The number of hydrogen-bond donors (Lipinski definition) is 1. The van der Waals surface area contributed by atoms with Gasteiger partial charge in [-0.2, -0.15) is 0 Å². The maximum Gasteiger partial charge on any atom is 0.0555 e. The molecule has 0 saturated carbocycles. The van der Waals surface area contributed by atoms with Gasteiger partial charge in [-0.05, 0) is 42.0 Å². The van der Waals surface area contributed by atoms with Crippen molar-refractivity contribution in [2.45, 2.75) is 10.6 Å². The Hall–Kier alpha value is -1.40. The van der Waals surface area contributed by atoms with Crippen LogP contribution >= 0.6 is 23.4 Å². The molecule has 2 rings (SSSR count). The van der Waals surface area contributed by atoms with Crippen LogP contribution in [0.1, 0.15) is 11.1 Å². The summed E-state index contributed by atoms with van der Waals surface area (Å²) in [6.45, 7) is 0.397. The molecule has 0 heterocycles. The van der Waals surface area contributed by atoms with Crippen molar-refractivity contribution in [1.82, 2.24) is 0 Å². The molecule has 0 aromatic heterocycles. The lowest BCUT2D eigenvalue weighted by Gasteiger charge is -2.02. The Bertz CT molecular complexity index is 579. The van der Waals surface area contributed by atoms with Crippen molar-refractivity contribution in [1.29, 1.82) is 0 Å². The zero-order valence-corrected chi connectivity index (χ0v) is 12.0. The molecule has 0 amide bonds. The van der Waals surface area contributed by atoms with E-state index in [0.29, 0.717) is 6.54 Å². The van der Waals surface area contributed by atoms with E-state index in [9.17, 15) is 0 Å². The van der Waals surface area contributed by atoms with Crippen molar-refractivity contribution >= 4 is 23.4 Å². The van der Waals surface area contributed by atoms with Crippen LogP contribution in [0, 0.1) is 11.8 Å². The molecule has 2 N–H and O–H groups in total. The number of rotatable bonds is 3. The highest BCUT2D eigenvalue weighted by Gasteiger charge is 1.97. The third-order valence-electron chi connectivity index (χ3n) is 2.51. The highest BCUT2D eigenvalue weighted by Crippen LogP contribution is 2.24. The Labute approximate surface area is 123 Å². The quantitative estimate of drug-likeness (QED) is 0.683. The lowest BCUT2D eigenvalue weighted by atomic mass is 10.1. The van der Waals surface area contributed by atoms with E-state index in [1.165, 1.54) is 10.5 Å². The van der Waals surface area contributed by atoms with Crippen LogP contribution in [0.2, 0.25) is 5.02 Å². The molecule has 0 atom stereocenters. The van der Waals surface area contributed by atoms with Gasteiger partial charge < -0.3 is 5.73 Å². The molecule has 0 aliphatic rings. The van der Waals surface area contributed by atoms with Crippen LogP contribution in [0.15, 0.2) is 53.4 Å². The van der Waals surface area contributed by atoms with Gasteiger partial charge in [0, 0.05) is 21.2 Å². The maximum atomic E-state index is 5.86. The van der Waals surface area contributed by atoms with E-state index in [1.807, 2.05) is 36.4 Å². The van der Waals surface area contributed by atoms with Crippen LogP contribution in [0.5, 0.6) is 0 Å². The number of thioether (sulfide) groups is 1. The fourth-order valence-corrected chi connectivity index (χ4v) is 2.52. The molecule has 3 heteroatoms. The van der Waals surface area contributed by atoms with E-state index in [-0.39, 0.29) is 0 Å². The van der Waals surface area contributed by atoms with E-state index < -0.39 is 0 Å². The van der Waals surface area contributed by atoms with Gasteiger partial charge in [0.15, 0.2) is 0 Å². The SMILES string of the molecule is NCC#Cc1ccc(CSc2ccc(Cl)cc2)cc1. The molecule has 0 unspecified atom stereocenters. The van der Waals surface area contributed by atoms with Gasteiger partial charge in [-0.25, -0.2) is 0 Å². The average molecular weight is 288 g/mol. The Morgan fingerprint density at radius 1 is 1.00 bits per heavy atom. The van der Waals surface area contributed by atoms with Crippen molar-refractivity contribution in [2.75, 3.05) is 6.54 Å². The average Bonchev–Trinajstić information content (AvgIpc) is 2.46. The minimum atomic E-state index is 0.397. The molecule has 0 spiro atoms. The fraction of sp³-hybridized carbons (Fsp3) is 0.125. The highest BCUT2D eigenvalue weighted by molar-refractivity contribution is 7.98. The Morgan fingerprint density at radius 2 is 1.68 bits per heavy atom. The van der Waals surface area contributed by atoms with E-state index in [4.69, 9.17) is 17.3 Å². The third-order valence-corrected chi connectivity index (χ3v) is 3.84. The number of hydrogen-bond acceptors (Lipinski definition) is 2. The second kappa shape index (κ2) is 7.25. The summed E-state index contributed by atoms with van der Waals surface area (Å²) in [5.41, 5.74) is 7.62. The largest absolute Gasteiger partial charge is 0.320 e. The molecule has 1 nitrogen and oxygen atoms in total. The summed E-state index contributed by atoms with van der Waals surface area (Å²) in [4.78, 5) is 1.22. The highest BCUT2D eigenvalue weighted by atomic mass is 35.5. The molecule has 2 aromatic rings. The van der Waals surface area contributed by atoms with Crippen LogP contribution in [-0.4, -0.2) is 6.54 Å². The first-order valence-corrected chi connectivity index (χ1v) is 7.30. The third kappa shape index (κ3) is 4.65. The molecular weight excluding hydrogens is 274 g/mol. The van der Waals surface area contributed by atoms with Crippen LogP contribution in [0.4, 0.5) is 0 Å². The zero-order chi connectivity index (χ0) is 13.5. The predicted octanol–water partition coefficient (Wildman–Crippen LogP) is 3.94. The van der Waals surface area contributed by atoms with Gasteiger partial charge in [0.25, 0.3) is 0 Å². The minimum Gasteiger partial charge on any atom is -0.320 e. The molecule has 0 fully saturated rings. The van der Waals surface area contributed by atoms with E-state index in [0.717, 1.165) is 16.3 Å². The fourth-order valence-electron chi connectivity index (χ4n) is 1.53. The second-order valence-electron chi connectivity index (χ2n) is 3.95. The van der Waals surface area contributed by atoms with E-state index in [2.05, 4.69) is 24.0 Å². The van der Waals surface area contributed by atoms with Gasteiger partial charge in [0.1, 0.15) is 0 Å². The monoisotopic (exact) mass is 287 g/mol. The lowest BCUT2D eigenvalue weighted by Crippen LogP contribution is -1.93. The van der Waals surface area contributed by atoms with E-state index in [1.54, 1.807) is 11.8 Å². The van der Waals surface area contributed by atoms with Gasteiger partial charge in [-0.1, -0.05) is 35.6 Å². The van der Waals surface area contributed by atoms with Crippen molar-refractivity contribution in [3.63, 3.8) is 0 Å². The summed E-state index contributed by atoms with van der Waals surface area (Å²) in [6, 6.07) is 16.2. The number of benzene rings is 2. The number of nitrogens with two attached hydrogens (primary N) is 1. The van der Waals surface area contributed by atoms with Gasteiger partial charge in [-0.3, -0.25) is 0 Å². The van der Waals surface area contributed by atoms with Crippen LogP contribution in [0.3, 0.4) is 0 Å². The van der Waals surface area contributed by atoms with Crippen molar-refractivity contribution in [2.24, 2.45) is 5.73 Å². The van der Waals surface area contributed by atoms with Crippen LogP contribution < -0.4 is 5.73 Å². The minimum absolute atomic E-state index is 0.397. The standard InChI is InChI=1S/C16H14ClNS/c17-15-7-9-16(10-8-15)19-12-14-5-3-13(4-6-14)2-1-11-18/h3-10H,11-12,18H2. The summed E-state index contributed by atoms with van der Waals surface area (Å²) < 4.78 is 0. The second-order valence-corrected chi connectivity index (χ2v) is 5.43. The Kier molecular flexibility index (Phi) is 5.35. The summed E-state index contributed by atoms with van der Waals surface area (Å²) in [7, 11) is 0. The summed E-state index contributed by atoms with van der Waals surface area (Å²) in [6.07, 6.45) is 0. The number of halogens is 1. The van der Waals surface area contributed by atoms with Gasteiger partial charge in [0.2, 0.25) is 0 Å². The smallest absolute Gasteiger partial charge is 0.0555 e. The molecule has 0 saturated heterocycles. The lowest BCUT2D eigenvalue weighted by molar-refractivity contribution is 1.30.